The molecule has 1 amide bonds. The summed E-state index contributed by atoms with van der Waals surface area (Å²) in [6, 6.07) is 4.77. The number of rotatable bonds is 2. The van der Waals surface area contributed by atoms with Crippen LogP contribution >= 0.6 is 0 Å². The zero-order valence-corrected chi connectivity index (χ0v) is 18.0. The molecule has 0 saturated carbocycles. The van der Waals surface area contributed by atoms with Crippen molar-refractivity contribution in [3.05, 3.63) is 58.2 Å². The Labute approximate surface area is 180 Å². The van der Waals surface area contributed by atoms with E-state index in [-0.39, 0.29) is 22.9 Å². The van der Waals surface area contributed by atoms with Crippen LogP contribution in [0.25, 0.3) is 0 Å². The van der Waals surface area contributed by atoms with Gasteiger partial charge in [-0.3, -0.25) is 4.79 Å². The third-order valence-corrected chi connectivity index (χ3v) is 6.12. The first-order valence-electron chi connectivity index (χ1n) is 10.6. The van der Waals surface area contributed by atoms with Crippen LogP contribution < -0.4 is 5.32 Å². The van der Waals surface area contributed by atoms with Gasteiger partial charge < -0.3 is 10.2 Å². The molecule has 5 nitrogen and oxygen atoms in total. The minimum absolute atomic E-state index is 0.0207. The minimum Gasteiger partial charge on any atom is -0.334 e. The van der Waals surface area contributed by atoms with E-state index in [2.05, 4.69) is 48.2 Å². The molecular formula is C23H27F3N4O. The van der Waals surface area contributed by atoms with Gasteiger partial charge in [0.15, 0.2) is 0 Å². The summed E-state index contributed by atoms with van der Waals surface area (Å²) in [6.07, 6.45) is 0.197. The largest absolute Gasteiger partial charge is 0.451 e. The van der Waals surface area contributed by atoms with E-state index < -0.39 is 12.0 Å². The van der Waals surface area contributed by atoms with Crippen molar-refractivity contribution >= 4 is 5.91 Å². The van der Waals surface area contributed by atoms with Crippen molar-refractivity contribution in [2.45, 2.75) is 64.2 Å². The lowest BCUT2D eigenvalue weighted by Crippen LogP contribution is -2.37. The van der Waals surface area contributed by atoms with Gasteiger partial charge in [-0.25, -0.2) is 9.97 Å². The maximum Gasteiger partial charge on any atom is 0.451 e. The summed E-state index contributed by atoms with van der Waals surface area (Å²) >= 11 is 0. The van der Waals surface area contributed by atoms with Crippen LogP contribution in [-0.2, 0) is 24.6 Å². The molecule has 0 aliphatic carbocycles. The van der Waals surface area contributed by atoms with Crippen LogP contribution in [0.1, 0.15) is 78.1 Å². The van der Waals surface area contributed by atoms with E-state index in [1.165, 1.54) is 16.7 Å². The number of hydrogen-bond acceptors (Lipinski definition) is 4. The maximum absolute atomic E-state index is 13.0. The molecule has 1 aromatic heterocycles. The van der Waals surface area contributed by atoms with E-state index in [1.54, 1.807) is 4.90 Å². The van der Waals surface area contributed by atoms with Gasteiger partial charge in [0.2, 0.25) is 5.82 Å². The molecule has 1 fully saturated rings. The Balaban J connectivity index is 1.63. The lowest BCUT2D eigenvalue weighted by atomic mass is 9.80. The smallest absolute Gasteiger partial charge is 0.334 e. The number of carbonyl (C=O) groups is 1. The van der Waals surface area contributed by atoms with Crippen LogP contribution in [-0.4, -0.2) is 33.9 Å². The second kappa shape index (κ2) is 7.89. The van der Waals surface area contributed by atoms with Crippen molar-refractivity contribution in [3.63, 3.8) is 0 Å². The Morgan fingerprint density at radius 2 is 1.87 bits per heavy atom. The summed E-state index contributed by atoms with van der Waals surface area (Å²) in [4.78, 5) is 21.3. The first-order valence-corrected chi connectivity index (χ1v) is 10.6. The lowest BCUT2D eigenvalue weighted by molar-refractivity contribution is -0.145. The number of amides is 1. The van der Waals surface area contributed by atoms with Gasteiger partial charge >= 0.3 is 6.18 Å². The number of halogens is 3. The Morgan fingerprint density at radius 3 is 2.45 bits per heavy atom. The number of nitrogens with one attached hydrogen (secondary N) is 1. The van der Waals surface area contributed by atoms with Gasteiger partial charge in [-0.05, 0) is 53.5 Å². The number of carbonyl (C=O) groups excluding carboxylic acids is 1. The molecule has 1 aromatic carbocycles. The highest BCUT2D eigenvalue weighted by atomic mass is 19.4. The monoisotopic (exact) mass is 432 g/mol. The summed E-state index contributed by atoms with van der Waals surface area (Å²) < 4.78 is 38.2. The van der Waals surface area contributed by atoms with Gasteiger partial charge in [0.05, 0.1) is 5.56 Å². The molecule has 2 aromatic rings. The van der Waals surface area contributed by atoms with Gasteiger partial charge in [0, 0.05) is 31.5 Å². The van der Waals surface area contributed by atoms with E-state index >= 15 is 0 Å². The number of fused-ring (bicyclic) bond motifs is 1. The van der Waals surface area contributed by atoms with Gasteiger partial charge in [0.1, 0.15) is 0 Å². The first kappa shape index (κ1) is 21.7. The summed E-state index contributed by atoms with van der Waals surface area (Å²) in [5, 5.41) is 3.57. The molecular weight excluding hydrogens is 405 g/mol. The summed E-state index contributed by atoms with van der Waals surface area (Å²) in [5.74, 6) is -1.58. The summed E-state index contributed by atoms with van der Waals surface area (Å²) in [6.45, 7) is 8.52. The molecule has 0 unspecified atom stereocenters. The number of nitrogens with zero attached hydrogens (tertiary/aromatic N) is 3. The molecule has 2 aliphatic heterocycles. The standard InChI is InChI=1S/C23H27F3N4O/c1-22(2,3)16-9-14-6-8-30(13-18(14)17(10-16)19-5-4-7-27-19)20(31)15-11-28-21(29-12-15)23(24,25)26/h9-12,19,27H,4-8,13H2,1-3H3/t19-/m0/s1. The predicted octanol–water partition coefficient (Wildman–Crippen LogP) is 4.42. The van der Waals surface area contributed by atoms with Crippen molar-refractivity contribution in [3.8, 4) is 0 Å². The van der Waals surface area contributed by atoms with Crippen LogP contribution in [0.15, 0.2) is 24.5 Å². The van der Waals surface area contributed by atoms with Crippen LogP contribution in [0.4, 0.5) is 13.2 Å². The van der Waals surface area contributed by atoms with Crippen LogP contribution in [0.2, 0.25) is 0 Å². The van der Waals surface area contributed by atoms with E-state index in [9.17, 15) is 18.0 Å². The van der Waals surface area contributed by atoms with Crippen molar-refractivity contribution in [2.24, 2.45) is 0 Å². The van der Waals surface area contributed by atoms with Crippen molar-refractivity contribution < 1.29 is 18.0 Å². The molecule has 31 heavy (non-hydrogen) atoms. The first-order chi connectivity index (χ1) is 14.5. The Kier molecular flexibility index (Phi) is 5.54. The molecule has 166 valence electrons. The zero-order valence-electron chi connectivity index (χ0n) is 18.0. The highest BCUT2D eigenvalue weighted by molar-refractivity contribution is 5.93. The molecule has 1 N–H and O–H groups in total. The van der Waals surface area contributed by atoms with E-state index in [0.717, 1.165) is 37.3 Å². The fourth-order valence-corrected chi connectivity index (χ4v) is 4.33. The molecule has 8 heteroatoms. The van der Waals surface area contributed by atoms with Gasteiger partial charge in [-0.2, -0.15) is 13.2 Å². The second-order valence-electron chi connectivity index (χ2n) is 9.37. The Bertz CT molecular complexity index is 974. The van der Waals surface area contributed by atoms with Crippen molar-refractivity contribution in [2.75, 3.05) is 13.1 Å². The molecule has 1 atom stereocenters. The second-order valence-corrected chi connectivity index (χ2v) is 9.37. The van der Waals surface area contributed by atoms with Crippen LogP contribution in [0.5, 0.6) is 0 Å². The quantitative estimate of drug-likeness (QED) is 0.764. The van der Waals surface area contributed by atoms with Gasteiger partial charge in [-0.15, -0.1) is 0 Å². The van der Waals surface area contributed by atoms with E-state index in [4.69, 9.17) is 0 Å². The van der Waals surface area contributed by atoms with E-state index in [0.29, 0.717) is 19.5 Å². The summed E-state index contributed by atoms with van der Waals surface area (Å²) in [5.41, 5.74) is 5.02. The molecule has 0 radical (unpaired) electrons. The topological polar surface area (TPSA) is 58.1 Å². The lowest BCUT2D eigenvalue weighted by Gasteiger charge is -2.34. The minimum atomic E-state index is -4.63. The van der Waals surface area contributed by atoms with Gasteiger partial charge in [-0.1, -0.05) is 32.9 Å². The van der Waals surface area contributed by atoms with Crippen molar-refractivity contribution in [1.82, 2.24) is 20.2 Å². The number of aromatic nitrogens is 2. The summed E-state index contributed by atoms with van der Waals surface area (Å²) in [7, 11) is 0. The molecule has 0 bridgehead atoms. The molecule has 1 saturated heterocycles. The Hall–Kier alpha value is -2.48. The SMILES string of the molecule is CC(C)(C)c1cc2c(c([C@@H]3CCCN3)c1)CN(C(=O)c1cnc(C(F)(F)F)nc1)CC2. The normalized spacial score (nSPS) is 19.4. The number of alkyl halides is 3. The number of hydrogen-bond donors (Lipinski definition) is 1. The fourth-order valence-electron chi connectivity index (χ4n) is 4.33. The predicted molar refractivity (Wildman–Crippen MR) is 111 cm³/mol. The van der Waals surface area contributed by atoms with Gasteiger partial charge in [0.25, 0.3) is 5.91 Å². The van der Waals surface area contributed by atoms with Crippen LogP contribution in [0.3, 0.4) is 0 Å². The van der Waals surface area contributed by atoms with Crippen LogP contribution in [0, 0.1) is 0 Å². The number of benzene rings is 1. The highest BCUT2D eigenvalue weighted by Crippen LogP contribution is 2.36. The average molecular weight is 432 g/mol. The maximum atomic E-state index is 13.0. The third-order valence-electron chi connectivity index (χ3n) is 6.12. The molecule has 0 spiro atoms. The van der Waals surface area contributed by atoms with Crippen molar-refractivity contribution in [1.29, 1.82) is 0 Å². The molecule has 4 rings (SSSR count). The molecule has 3 heterocycles. The Morgan fingerprint density at radius 1 is 1.16 bits per heavy atom. The third kappa shape index (κ3) is 4.44. The highest BCUT2D eigenvalue weighted by Gasteiger charge is 2.35. The fraction of sp³-hybridized carbons (Fsp3) is 0.522. The zero-order chi connectivity index (χ0) is 22.4. The molecule has 2 aliphatic rings. The average Bonchev–Trinajstić information content (AvgIpc) is 3.25. The van der Waals surface area contributed by atoms with E-state index in [1.807, 2.05) is 0 Å².